The molecule has 0 saturated carbocycles. The molecule has 3 aromatic rings. The average Bonchev–Trinajstić information content (AvgIpc) is 3.03. The Labute approximate surface area is 138 Å². The van der Waals surface area contributed by atoms with Crippen LogP contribution in [0.15, 0.2) is 48.9 Å². The van der Waals surface area contributed by atoms with Gasteiger partial charge >= 0.3 is 0 Å². The third-order valence-electron chi connectivity index (χ3n) is 3.31. The molecule has 0 atom stereocenters. The van der Waals surface area contributed by atoms with E-state index in [0.29, 0.717) is 34.3 Å². The highest BCUT2D eigenvalue weighted by atomic mass is 35.5. The Morgan fingerprint density at radius 1 is 1.30 bits per heavy atom. The second kappa shape index (κ2) is 6.68. The van der Waals surface area contributed by atoms with E-state index in [1.165, 1.54) is 0 Å². The minimum atomic E-state index is -0.202. The van der Waals surface area contributed by atoms with E-state index in [0.717, 1.165) is 0 Å². The molecule has 3 rings (SSSR count). The van der Waals surface area contributed by atoms with Gasteiger partial charge in [-0.05, 0) is 37.4 Å². The van der Waals surface area contributed by atoms with Crippen LogP contribution < -0.4 is 5.32 Å². The van der Waals surface area contributed by atoms with Crippen LogP contribution in [-0.2, 0) is 6.54 Å². The third-order valence-corrected chi connectivity index (χ3v) is 3.55. The summed E-state index contributed by atoms with van der Waals surface area (Å²) in [5.74, 6) is 0.497. The molecule has 0 radical (unpaired) electrons. The van der Waals surface area contributed by atoms with Gasteiger partial charge in [-0.15, -0.1) is 10.2 Å². The Morgan fingerprint density at radius 3 is 2.91 bits per heavy atom. The van der Waals surface area contributed by atoms with Crippen molar-refractivity contribution in [1.82, 2.24) is 25.1 Å². The first kappa shape index (κ1) is 15.3. The number of pyridine rings is 1. The monoisotopic (exact) mass is 327 g/mol. The Kier molecular flexibility index (Phi) is 4.45. The predicted molar refractivity (Wildman–Crippen MR) is 86.8 cm³/mol. The molecule has 23 heavy (non-hydrogen) atoms. The van der Waals surface area contributed by atoms with Crippen molar-refractivity contribution < 1.29 is 4.79 Å². The summed E-state index contributed by atoms with van der Waals surface area (Å²) in [6.07, 6.45) is 3.16. The number of ketones is 1. The van der Waals surface area contributed by atoms with Crippen LogP contribution >= 0.6 is 11.6 Å². The third kappa shape index (κ3) is 3.13. The Morgan fingerprint density at radius 2 is 2.17 bits per heavy atom. The van der Waals surface area contributed by atoms with Crippen LogP contribution in [-0.4, -0.2) is 32.6 Å². The molecule has 2 heterocycles. The Bertz CT molecular complexity index is 831. The van der Waals surface area contributed by atoms with Crippen molar-refractivity contribution in [2.45, 2.75) is 6.54 Å². The summed E-state index contributed by atoms with van der Waals surface area (Å²) < 4.78 is 1.77. The molecule has 116 valence electrons. The van der Waals surface area contributed by atoms with E-state index in [4.69, 9.17) is 11.6 Å². The lowest BCUT2D eigenvalue weighted by molar-refractivity contribution is 0.103. The van der Waals surface area contributed by atoms with Gasteiger partial charge in [0.05, 0.1) is 12.2 Å². The van der Waals surface area contributed by atoms with Gasteiger partial charge in [0.1, 0.15) is 12.0 Å². The van der Waals surface area contributed by atoms with Gasteiger partial charge in [0, 0.05) is 16.8 Å². The summed E-state index contributed by atoms with van der Waals surface area (Å²) >= 11 is 6.09. The van der Waals surface area contributed by atoms with Gasteiger partial charge in [-0.2, -0.15) is 0 Å². The van der Waals surface area contributed by atoms with Gasteiger partial charge in [-0.3, -0.25) is 14.3 Å². The van der Waals surface area contributed by atoms with Gasteiger partial charge in [0.25, 0.3) is 0 Å². The lowest BCUT2D eigenvalue weighted by Gasteiger charge is -2.12. The van der Waals surface area contributed by atoms with E-state index in [1.807, 2.05) is 7.05 Å². The molecule has 0 unspecified atom stereocenters. The molecule has 1 N–H and O–H groups in total. The van der Waals surface area contributed by atoms with Crippen LogP contribution in [0.5, 0.6) is 0 Å². The first-order chi connectivity index (χ1) is 11.2. The standard InChI is InChI=1S/C16H14ClN5O/c1-18-9-15-21-20-10-22(15)14-6-5-11(17)8-12(14)16(23)13-4-2-3-7-19-13/h2-8,10,18H,9H2,1H3. The summed E-state index contributed by atoms with van der Waals surface area (Å²) in [5.41, 5.74) is 1.48. The van der Waals surface area contributed by atoms with Crippen LogP contribution in [0.3, 0.4) is 0 Å². The summed E-state index contributed by atoms with van der Waals surface area (Å²) in [5, 5.41) is 11.5. The van der Waals surface area contributed by atoms with E-state index in [1.54, 1.807) is 53.5 Å². The van der Waals surface area contributed by atoms with E-state index >= 15 is 0 Å². The smallest absolute Gasteiger partial charge is 0.213 e. The Hall–Kier alpha value is -2.57. The highest BCUT2D eigenvalue weighted by molar-refractivity contribution is 6.31. The summed E-state index contributed by atoms with van der Waals surface area (Å²) in [7, 11) is 1.82. The van der Waals surface area contributed by atoms with Crippen molar-refractivity contribution in [3.8, 4) is 5.69 Å². The molecular weight excluding hydrogens is 314 g/mol. The highest BCUT2D eigenvalue weighted by Crippen LogP contribution is 2.23. The molecule has 2 aromatic heterocycles. The van der Waals surface area contributed by atoms with Crippen molar-refractivity contribution in [2.75, 3.05) is 7.05 Å². The van der Waals surface area contributed by atoms with Gasteiger partial charge in [-0.1, -0.05) is 17.7 Å². The van der Waals surface area contributed by atoms with E-state index in [9.17, 15) is 4.79 Å². The van der Waals surface area contributed by atoms with Crippen molar-refractivity contribution in [3.63, 3.8) is 0 Å². The predicted octanol–water partition coefficient (Wildman–Crippen LogP) is 2.27. The molecule has 0 aliphatic carbocycles. The number of halogens is 1. The van der Waals surface area contributed by atoms with Gasteiger partial charge < -0.3 is 5.32 Å². The van der Waals surface area contributed by atoms with Crippen molar-refractivity contribution in [2.24, 2.45) is 0 Å². The molecular formula is C16H14ClN5O. The lowest BCUT2D eigenvalue weighted by Crippen LogP contribution is -2.14. The number of carbonyl (C=O) groups excluding carboxylic acids is 1. The number of aromatic nitrogens is 4. The molecule has 0 aliphatic rings. The molecule has 0 spiro atoms. The maximum absolute atomic E-state index is 12.8. The van der Waals surface area contributed by atoms with Crippen molar-refractivity contribution in [1.29, 1.82) is 0 Å². The van der Waals surface area contributed by atoms with Crippen molar-refractivity contribution >= 4 is 17.4 Å². The Balaban J connectivity index is 2.12. The number of rotatable bonds is 5. The number of hydrogen-bond donors (Lipinski definition) is 1. The van der Waals surface area contributed by atoms with Crippen LogP contribution in [0.25, 0.3) is 5.69 Å². The fraction of sp³-hybridized carbons (Fsp3) is 0.125. The SMILES string of the molecule is CNCc1nncn1-c1ccc(Cl)cc1C(=O)c1ccccn1. The number of hydrogen-bond acceptors (Lipinski definition) is 5. The average molecular weight is 328 g/mol. The molecule has 0 saturated heterocycles. The number of benzene rings is 1. The summed E-state index contributed by atoms with van der Waals surface area (Å²) in [6.45, 7) is 0.528. The van der Waals surface area contributed by atoms with Gasteiger partial charge in [0.15, 0.2) is 5.82 Å². The minimum absolute atomic E-state index is 0.202. The fourth-order valence-electron chi connectivity index (χ4n) is 2.27. The van der Waals surface area contributed by atoms with E-state index in [2.05, 4.69) is 20.5 Å². The van der Waals surface area contributed by atoms with E-state index in [-0.39, 0.29) is 5.78 Å². The topological polar surface area (TPSA) is 72.7 Å². The quantitative estimate of drug-likeness (QED) is 0.728. The molecule has 6 nitrogen and oxygen atoms in total. The second-order valence-corrected chi connectivity index (χ2v) is 5.29. The van der Waals surface area contributed by atoms with E-state index < -0.39 is 0 Å². The zero-order chi connectivity index (χ0) is 16.2. The molecule has 1 aromatic carbocycles. The molecule has 0 bridgehead atoms. The second-order valence-electron chi connectivity index (χ2n) is 4.85. The number of carbonyl (C=O) groups is 1. The normalized spacial score (nSPS) is 10.7. The number of nitrogens with one attached hydrogen (secondary N) is 1. The zero-order valence-corrected chi connectivity index (χ0v) is 13.2. The first-order valence-electron chi connectivity index (χ1n) is 7.00. The minimum Gasteiger partial charge on any atom is -0.313 e. The summed E-state index contributed by atoms with van der Waals surface area (Å²) in [4.78, 5) is 16.9. The summed E-state index contributed by atoms with van der Waals surface area (Å²) in [6, 6.07) is 10.4. The first-order valence-corrected chi connectivity index (χ1v) is 7.37. The largest absolute Gasteiger partial charge is 0.313 e. The molecule has 0 aliphatic heterocycles. The molecule has 0 amide bonds. The maximum Gasteiger partial charge on any atom is 0.213 e. The van der Waals surface area contributed by atoms with Crippen LogP contribution in [0, 0.1) is 0 Å². The van der Waals surface area contributed by atoms with Crippen LogP contribution in [0.4, 0.5) is 0 Å². The van der Waals surface area contributed by atoms with Gasteiger partial charge in [0.2, 0.25) is 5.78 Å². The highest BCUT2D eigenvalue weighted by Gasteiger charge is 2.18. The van der Waals surface area contributed by atoms with Crippen LogP contribution in [0.1, 0.15) is 21.9 Å². The maximum atomic E-state index is 12.8. The molecule has 0 fully saturated rings. The van der Waals surface area contributed by atoms with Crippen LogP contribution in [0.2, 0.25) is 5.02 Å². The fourth-order valence-corrected chi connectivity index (χ4v) is 2.45. The zero-order valence-electron chi connectivity index (χ0n) is 12.4. The number of nitrogens with zero attached hydrogens (tertiary/aromatic N) is 4. The molecule has 7 heteroatoms. The lowest BCUT2D eigenvalue weighted by atomic mass is 10.1. The van der Waals surface area contributed by atoms with Crippen molar-refractivity contribution in [3.05, 3.63) is 71.0 Å². The van der Waals surface area contributed by atoms with Gasteiger partial charge in [-0.25, -0.2) is 0 Å².